The maximum atomic E-state index is 12.3. The molecule has 0 spiro atoms. The van der Waals surface area contributed by atoms with Crippen molar-refractivity contribution in [1.82, 2.24) is 13.9 Å². The number of likely N-dealkylation sites (tertiary alicyclic amines) is 1. The van der Waals surface area contributed by atoms with Gasteiger partial charge in [-0.15, -0.1) is 0 Å². The molecule has 0 bridgehead atoms. The van der Waals surface area contributed by atoms with E-state index in [1.807, 2.05) is 4.90 Å². The first-order valence-electron chi connectivity index (χ1n) is 8.27. The molecule has 3 N–H and O–H groups in total. The molecule has 0 aromatic heterocycles. The smallest absolute Gasteiger partial charge is 0.279 e. The Labute approximate surface area is 133 Å². The van der Waals surface area contributed by atoms with Crippen molar-refractivity contribution < 1.29 is 18.6 Å². The quantitative estimate of drug-likeness (QED) is 0.576. The van der Waals surface area contributed by atoms with E-state index in [4.69, 9.17) is 0 Å². The number of nitrogens with zero attached hydrogens (tertiary/aromatic N) is 2. The summed E-state index contributed by atoms with van der Waals surface area (Å²) in [6.45, 7) is 3.03. The van der Waals surface area contributed by atoms with Crippen LogP contribution >= 0.6 is 0 Å². The molecule has 1 atom stereocenters. The number of hydrogen-bond donors (Lipinski definition) is 3. The lowest BCUT2D eigenvalue weighted by atomic mass is 10.1. The molecular weight excluding hydrogens is 306 g/mol. The lowest BCUT2D eigenvalue weighted by Gasteiger charge is -2.24. The molecule has 1 unspecified atom stereocenters. The first kappa shape index (κ1) is 18.1. The van der Waals surface area contributed by atoms with E-state index in [1.165, 1.54) is 0 Å². The van der Waals surface area contributed by atoms with Crippen molar-refractivity contribution in [2.24, 2.45) is 5.92 Å². The number of hydrogen-bond acceptors (Lipinski definition) is 5. The molecule has 2 fully saturated rings. The summed E-state index contributed by atoms with van der Waals surface area (Å²) in [5.74, 6) is 0.238. The molecule has 2 saturated heterocycles. The van der Waals surface area contributed by atoms with E-state index in [0.29, 0.717) is 26.2 Å². The molecule has 130 valence electrons. The van der Waals surface area contributed by atoms with Crippen molar-refractivity contribution in [2.75, 3.05) is 45.9 Å². The van der Waals surface area contributed by atoms with Gasteiger partial charge in [0.15, 0.2) is 0 Å². The van der Waals surface area contributed by atoms with Gasteiger partial charge in [-0.3, -0.25) is 4.90 Å². The molecule has 2 rings (SSSR count). The molecule has 0 aromatic rings. The first-order chi connectivity index (χ1) is 10.6. The molecule has 0 aromatic carbocycles. The van der Waals surface area contributed by atoms with Gasteiger partial charge in [0.25, 0.3) is 10.2 Å². The molecular formula is C14H29N3O4S. The number of aliphatic hydroxyl groups excluding tert-OH is 2. The van der Waals surface area contributed by atoms with Gasteiger partial charge < -0.3 is 10.2 Å². The number of rotatable bonds is 7. The average molecular weight is 335 g/mol. The normalized spacial score (nSPS) is 25.7. The highest BCUT2D eigenvalue weighted by atomic mass is 32.2. The van der Waals surface area contributed by atoms with Crippen LogP contribution in [-0.4, -0.2) is 79.8 Å². The van der Waals surface area contributed by atoms with Crippen molar-refractivity contribution in [2.45, 2.75) is 38.1 Å². The van der Waals surface area contributed by atoms with Crippen LogP contribution in [0.2, 0.25) is 0 Å². The van der Waals surface area contributed by atoms with Crippen LogP contribution in [0.4, 0.5) is 0 Å². The summed E-state index contributed by atoms with van der Waals surface area (Å²) in [5, 5.41) is 18.4. The molecule has 2 aliphatic rings. The third-order valence-electron chi connectivity index (χ3n) is 4.71. The maximum Gasteiger partial charge on any atom is 0.279 e. The Hall–Kier alpha value is -0.250. The van der Waals surface area contributed by atoms with Gasteiger partial charge in [-0.05, 0) is 31.7 Å². The Kier molecular flexibility index (Phi) is 7.04. The van der Waals surface area contributed by atoms with Crippen molar-refractivity contribution in [1.29, 1.82) is 0 Å². The summed E-state index contributed by atoms with van der Waals surface area (Å²) < 4.78 is 29.0. The maximum absolute atomic E-state index is 12.3. The Balaban J connectivity index is 1.80. The fourth-order valence-electron chi connectivity index (χ4n) is 3.25. The monoisotopic (exact) mass is 335 g/mol. The highest BCUT2D eigenvalue weighted by molar-refractivity contribution is 7.87. The highest BCUT2D eigenvalue weighted by Crippen LogP contribution is 2.19. The van der Waals surface area contributed by atoms with Gasteiger partial charge in [-0.2, -0.15) is 12.7 Å². The summed E-state index contributed by atoms with van der Waals surface area (Å²) >= 11 is 0. The predicted molar refractivity (Wildman–Crippen MR) is 84.6 cm³/mol. The molecule has 2 heterocycles. The van der Waals surface area contributed by atoms with Crippen LogP contribution in [-0.2, 0) is 10.2 Å². The van der Waals surface area contributed by atoms with Gasteiger partial charge in [0.05, 0.1) is 19.3 Å². The van der Waals surface area contributed by atoms with Gasteiger partial charge in [-0.1, -0.05) is 12.8 Å². The Morgan fingerprint density at radius 3 is 2.27 bits per heavy atom. The molecule has 8 heteroatoms. The predicted octanol–water partition coefficient (Wildman–Crippen LogP) is -0.628. The van der Waals surface area contributed by atoms with Gasteiger partial charge in [0.2, 0.25) is 0 Å². The minimum absolute atomic E-state index is 0.0667. The van der Waals surface area contributed by atoms with Crippen molar-refractivity contribution in [3.63, 3.8) is 0 Å². The van der Waals surface area contributed by atoms with Gasteiger partial charge in [-0.25, -0.2) is 4.72 Å². The summed E-state index contributed by atoms with van der Waals surface area (Å²) in [7, 11) is -3.38. The van der Waals surface area contributed by atoms with Crippen molar-refractivity contribution in [3.8, 4) is 0 Å². The molecule has 0 aliphatic carbocycles. The van der Waals surface area contributed by atoms with Crippen LogP contribution in [0.1, 0.15) is 32.1 Å². The van der Waals surface area contributed by atoms with Crippen LogP contribution in [0.25, 0.3) is 0 Å². The Bertz CT molecular complexity index is 420. The van der Waals surface area contributed by atoms with Gasteiger partial charge in [0.1, 0.15) is 0 Å². The lowest BCUT2D eigenvalue weighted by molar-refractivity contribution is 0.0881. The minimum Gasteiger partial charge on any atom is -0.395 e. The third-order valence-corrected chi connectivity index (χ3v) is 6.29. The van der Waals surface area contributed by atoms with E-state index >= 15 is 0 Å². The van der Waals surface area contributed by atoms with Crippen LogP contribution < -0.4 is 4.72 Å². The van der Waals surface area contributed by atoms with E-state index in [1.54, 1.807) is 4.31 Å². The largest absolute Gasteiger partial charge is 0.395 e. The molecule has 2 aliphatic heterocycles. The van der Waals surface area contributed by atoms with Crippen LogP contribution in [0.3, 0.4) is 0 Å². The van der Waals surface area contributed by atoms with E-state index in [0.717, 1.165) is 38.6 Å². The fraction of sp³-hybridized carbons (Fsp3) is 1.00. The summed E-state index contributed by atoms with van der Waals surface area (Å²) in [6, 6.07) is -0.229. The Morgan fingerprint density at radius 1 is 1.05 bits per heavy atom. The fourth-order valence-corrected chi connectivity index (χ4v) is 4.61. The standard InChI is InChI=1S/C14H29N3O4S/c18-11-14(12-19)16-8-5-13(10-16)9-15-22(20,21)17-6-3-1-2-4-7-17/h13-15,18-19H,1-12H2. The van der Waals surface area contributed by atoms with Gasteiger partial charge in [0, 0.05) is 26.2 Å². The minimum atomic E-state index is -3.38. The molecule has 0 saturated carbocycles. The van der Waals surface area contributed by atoms with Gasteiger partial charge >= 0.3 is 0 Å². The lowest BCUT2D eigenvalue weighted by Crippen LogP contribution is -2.44. The second kappa shape index (κ2) is 8.56. The first-order valence-corrected chi connectivity index (χ1v) is 9.71. The average Bonchev–Trinajstić information content (AvgIpc) is 2.79. The van der Waals surface area contributed by atoms with Crippen molar-refractivity contribution >= 4 is 10.2 Å². The van der Waals surface area contributed by atoms with Crippen molar-refractivity contribution in [3.05, 3.63) is 0 Å². The summed E-state index contributed by atoms with van der Waals surface area (Å²) in [6.07, 6.45) is 4.97. The molecule has 0 radical (unpaired) electrons. The molecule has 7 nitrogen and oxygen atoms in total. The van der Waals surface area contributed by atoms with Crippen LogP contribution in [0.15, 0.2) is 0 Å². The van der Waals surface area contributed by atoms with Crippen LogP contribution in [0, 0.1) is 5.92 Å². The van der Waals surface area contributed by atoms with E-state index in [-0.39, 0.29) is 25.2 Å². The number of aliphatic hydroxyl groups is 2. The summed E-state index contributed by atoms with van der Waals surface area (Å²) in [5.41, 5.74) is 0. The summed E-state index contributed by atoms with van der Waals surface area (Å²) in [4.78, 5) is 2.03. The SMILES string of the molecule is O=S(=O)(NCC1CCN(C(CO)CO)C1)N1CCCCCC1. The topological polar surface area (TPSA) is 93.1 Å². The molecule has 22 heavy (non-hydrogen) atoms. The Morgan fingerprint density at radius 2 is 1.68 bits per heavy atom. The number of nitrogens with one attached hydrogen (secondary N) is 1. The van der Waals surface area contributed by atoms with E-state index in [2.05, 4.69) is 4.72 Å². The van der Waals surface area contributed by atoms with Crippen LogP contribution in [0.5, 0.6) is 0 Å². The zero-order chi connectivity index (χ0) is 16.0. The second-order valence-electron chi connectivity index (χ2n) is 6.34. The van der Waals surface area contributed by atoms with E-state index in [9.17, 15) is 18.6 Å². The highest BCUT2D eigenvalue weighted by Gasteiger charge is 2.29. The third kappa shape index (κ3) is 4.87. The zero-order valence-corrected chi connectivity index (χ0v) is 14.0. The second-order valence-corrected chi connectivity index (χ2v) is 8.09. The zero-order valence-electron chi connectivity index (χ0n) is 13.2. The van der Waals surface area contributed by atoms with E-state index < -0.39 is 10.2 Å². The molecule has 0 amide bonds.